The molecule has 1 fully saturated rings. The molecule has 1 aliphatic heterocycles. The number of imidazole rings is 1. The predicted octanol–water partition coefficient (Wildman–Crippen LogP) is 3.50. The van der Waals surface area contributed by atoms with Crippen LogP contribution in [0.2, 0.25) is 0 Å². The summed E-state index contributed by atoms with van der Waals surface area (Å²) in [4.78, 5) is 30.2. The summed E-state index contributed by atoms with van der Waals surface area (Å²) in [5.41, 5.74) is 2.03. The number of hydrogen-bond donors (Lipinski definition) is 0. The Balaban J connectivity index is 1.36. The first kappa shape index (κ1) is 21.7. The van der Waals surface area contributed by atoms with E-state index in [2.05, 4.69) is 19.9 Å². The summed E-state index contributed by atoms with van der Waals surface area (Å²) in [5.74, 6) is 0.459. The fourth-order valence-corrected chi connectivity index (χ4v) is 3.99. The lowest BCUT2D eigenvalue weighted by atomic mass is 10.2. The number of piperazine rings is 1. The van der Waals surface area contributed by atoms with Crippen LogP contribution in [-0.4, -0.2) is 56.5 Å². The molecular formula is C25H22F2N6O. The second kappa shape index (κ2) is 9.38. The molecule has 2 aromatic carbocycles. The van der Waals surface area contributed by atoms with Crippen molar-refractivity contribution in [2.45, 2.75) is 6.42 Å². The number of carbonyl (C=O) groups is 1. The normalized spacial score (nSPS) is 13.8. The number of anilines is 1. The monoisotopic (exact) mass is 460 g/mol. The molecule has 1 aliphatic rings. The van der Waals surface area contributed by atoms with Crippen molar-refractivity contribution in [3.05, 3.63) is 90.6 Å². The Bertz CT molecular complexity index is 1270. The lowest BCUT2D eigenvalue weighted by molar-refractivity contribution is -0.130. The lowest BCUT2D eigenvalue weighted by Crippen LogP contribution is -2.49. The molecule has 1 saturated heterocycles. The molecule has 2 aromatic heterocycles. The number of hydrogen-bond acceptors (Lipinski definition) is 5. The quantitative estimate of drug-likeness (QED) is 0.456. The summed E-state index contributed by atoms with van der Waals surface area (Å²) in [5, 5.41) is 0. The third kappa shape index (κ3) is 4.63. The van der Waals surface area contributed by atoms with Gasteiger partial charge in [0.05, 0.1) is 12.1 Å². The molecule has 0 saturated carbocycles. The van der Waals surface area contributed by atoms with Gasteiger partial charge < -0.3 is 14.4 Å². The third-order valence-electron chi connectivity index (χ3n) is 5.80. The first-order valence-electron chi connectivity index (χ1n) is 11.0. The largest absolute Gasteiger partial charge is 0.339 e. The molecule has 0 N–H and O–H groups in total. The van der Waals surface area contributed by atoms with E-state index in [4.69, 9.17) is 0 Å². The molecule has 0 spiro atoms. The van der Waals surface area contributed by atoms with Crippen LogP contribution in [0.15, 0.2) is 73.2 Å². The molecule has 5 rings (SSSR count). The van der Waals surface area contributed by atoms with Crippen LogP contribution in [0.3, 0.4) is 0 Å². The van der Waals surface area contributed by atoms with Crippen molar-refractivity contribution in [3.8, 4) is 16.9 Å². The van der Waals surface area contributed by atoms with Crippen LogP contribution in [0.25, 0.3) is 16.9 Å². The Morgan fingerprint density at radius 2 is 1.47 bits per heavy atom. The zero-order chi connectivity index (χ0) is 23.5. The van der Waals surface area contributed by atoms with E-state index in [0.717, 1.165) is 5.56 Å². The van der Waals surface area contributed by atoms with E-state index < -0.39 is 0 Å². The number of rotatable bonds is 5. The standard InChI is InChI=1S/C25H22F2N6O/c26-19-4-2-18(3-5-19)22-17-33(21-8-6-20(27)7-9-21)23(30-22)16-24(34)31-12-14-32(15-13-31)25-28-10-1-11-29-25/h1-11,17H,12-16H2. The summed E-state index contributed by atoms with van der Waals surface area (Å²) in [6.07, 6.45) is 5.27. The topological polar surface area (TPSA) is 67.2 Å². The first-order valence-corrected chi connectivity index (χ1v) is 11.0. The number of halogens is 2. The SMILES string of the molecule is O=C(Cc1nc(-c2ccc(F)cc2)cn1-c1ccc(F)cc1)N1CCN(c2ncccn2)CC1. The van der Waals surface area contributed by atoms with Crippen LogP contribution in [0.1, 0.15) is 5.82 Å². The van der Waals surface area contributed by atoms with Gasteiger partial charge in [0.2, 0.25) is 11.9 Å². The fraction of sp³-hybridized carbons (Fsp3) is 0.200. The van der Waals surface area contributed by atoms with Gasteiger partial charge in [-0.15, -0.1) is 0 Å². The van der Waals surface area contributed by atoms with Crippen molar-refractivity contribution in [3.63, 3.8) is 0 Å². The Morgan fingerprint density at radius 3 is 2.12 bits per heavy atom. The molecule has 4 aromatic rings. The summed E-state index contributed by atoms with van der Waals surface area (Å²) in [7, 11) is 0. The second-order valence-corrected chi connectivity index (χ2v) is 7.99. The first-order chi connectivity index (χ1) is 16.6. The minimum Gasteiger partial charge on any atom is -0.339 e. The summed E-state index contributed by atoms with van der Waals surface area (Å²) in [6.45, 7) is 2.39. The van der Waals surface area contributed by atoms with E-state index in [9.17, 15) is 13.6 Å². The van der Waals surface area contributed by atoms with Gasteiger partial charge in [0, 0.05) is 56.0 Å². The molecule has 3 heterocycles. The highest BCUT2D eigenvalue weighted by Crippen LogP contribution is 2.23. The number of benzene rings is 2. The van der Waals surface area contributed by atoms with Crippen molar-refractivity contribution in [1.29, 1.82) is 0 Å². The molecule has 0 atom stereocenters. The maximum atomic E-state index is 13.5. The van der Waals surface area contributed by atoms with Crippen LogP contribution in [0.4, 0.5) is 14.7 Å². The van der Waals surface area contributed by atoms with Crippen LogP contribution in [0.5, 0.6) is 0 Å². The summed E-state index contributed by atoms with van der Waals surface area (Å²) < 4.78 is 28.6. The van der Waals surface area contributed by atoms with Crippen molar-refractivity contribution < 1.29 is 13.6 Å². The van der Waals surface area contributed by atoms with Gasteiger partial charge >= 0.3 is 0 Å². The molecule has 0 unspecified atom stereocenters. The Hall–Kier alpha value is -4.14. The smallest absolute Gasteiger partial charge is 0.230 e. The highest BCUT2D eigenvalue weighted by atomic mass is 19.1. The third-order valence-corrected chi connectivity index (χ3v) is 5.80. The van der Waals surface area contributed by atoms with Gasteiger partial charge in [-0.05, 0) is 54.6 Å². The zero-order valence-corrected chi connectivity index (χ0v) is 18.3. The Labute approximate surface area is 195 Å². The van der Waals surface area contributed by atoms with Gasteiger partial charge in [0.15, 0.2) is 0 Å². The molecule has 0 radical (unpaired) electrons. The molecular weight excluding hydrogens is 438 g/mol. The van der Waals surface area contributed by atoms with Crippen molar-refractivity contribution in [1.82, 2.24) is 24.4 Å². The number of carbonyl (C=O) groups excluding carboxylic acids is 1. The molecule has 7 nitrogen and oxygen atoms in total. The van der Waals surface area contributed by atoms with E-state index in [0.29, 0.717) is 49.3 Å². The van der Waals surface area contributed by atoms with Crippen LogP contribution in [-0.2, 0) is 11.2 Å². The second-order valence-electron chi connectivity index (χ2n) is 7.99. The minimum atomic E-state index is -0.347. The van der Waals surface area contributed by atoms with Crippen LogP contribution in [0, 0.1) is 11.6 Å². The fourth-order valence-electron chi connectivity index (χ4n) is 3.99. The molecule has 1 amide bonds. The van der Waals surface area contributed by atoms with E-state index in [-0.39, 0.29) is 24.0 Å². The Morgan fingerprint density at radius 1 is 0.853 bits per heavy atom. The average Bonchev–Trinajstić information content (AvgIpc) is 3.29. The molecule has 34 heavy (non-hydrogen) atoms. The molecule has 0 aliphatic carbocycles. The summed E-state index contributed by atoms with van der Waals surface area (Å²) >= 11 is 0. The van der Waals surface area contributed by atoms with Crippen molar-refractivity contribution >= 4 is 11.9 Å². The van der Waals surface area contributed by atoms with E-state index >= 15 is 0 Å². The van der Waals surface area contributed by atoms with Gasteiger partial charge in [-0.1, -0.05) is 0 Å². The summed E-state index contributed by atoms with van der Waals surface area (Å²) in [6, 6.07) is 13.8. The lowest BCUT2D eigenvalue weighted by Gasteiger charge is -2.34. The van der Waals surface area contributed by atoms with Gasteiger partial charge in [0.25, 0.3) is 0 Å². The van der Waals surface area contributed by atoms with E-state index in [1.165, 1.54) is 24.3 Å². The van der Waals surface area contributed by atoms with Crippen molar-refractivity contribution in [2.24, 2.45) is 0 Å². The molecule has 0 bridgehead atoms. The molecule has 172 valence electrons. The van der Waals surface area contributed by atoms with Gasteiger partial charge in [-0.3, -0.25) is 4.79 Å². The molecule has 9 heteroatoms. The Kier molecular flexibility index (Phi) is 5.99. The van der Waals surface area contributed by atoms with Gasteiger partial charge in [-0.2, -0.15) is 0 Å². The van der Waals surface area contributed by atoms with Gasteiger partial charge in [-0.25, -0.2) is 23.7 Å². The zero-order valence-electron chi connectivity index (χ0n) is 18.3. The predicted molar refractivity (Wildman–Crippen MR) is 123 cm³/mol. The highest BCUT2D eigenvalue weighted by Gasteiger charge is 2.24. The maximum Gasteiger partial charge on any atom is 0.230 e. The van der Waals surface area contributed by atoms with Crippen LogP contribution >= 0.6 is 0 Å². The number of nitrogens with zero attached hydrogens (tertiary/aromatic N) is 6. The number of aromatic nitrogens is 4. The van der Waals surface area contributed by atoms with Crippen LogP contribution < -0.4 is 4.90 Å². The van der Waals surface area contributed by atoms with E-state index in [1.807, 2.05) is 0 Å². The minimum absolute atomic E-state index is 0.0479. The number of amides is 1. The average molecular weight is 460 g/mol. The maximum absolute atomic E-state index is 13.5. The highest BCUT2D eigenvalue weighted by molar-refractivity contribution is 5.79. The van der Waals surface area contributed by atoms with Gasteiger partial charge in [0.1, 0.15) is 17.5 Å². The van der Waals surface area contributed by atoms with Crippen molar-refractivity contribution in [2.75, 3.05) is 31.1 Å². The van der Waals surface area contributed by atoms with E-state index in [1.54, 1.807) is 58.4 Å².